The lowest BCUT2D eigenvalue weighted by atomic mass is 10.1. The smallest absolute Gasteiger partial charge is 0.123 e. The van der Waals surface area contributed by atoms with Gasteiger partial charge in [0.2, 0.25) is 0 Å². The second-order valence-electron chi connectivity index (χ2n) is 4.11. The average Bonchev–Trinajstić information content (AvgIpc) is 2.41. The van der Waals surface area contributed by atoms with E-state index in [1.54, 1.807) is 18.2 Å². The summed E-state index contributed by atoms with van der Waals surface area (Å²) < 4.78 is 13.8. The molecule has 2 aromatic carbocycles. The molecule has 0 saturated carbocycles. The highest BCUT2D eigenvalue weighted by molar-refractivity contribution is 9.10. The van der Waals surface area contributed by atoms with Gasteiger partial charge in [0.15, 0.2) is 0 Å². The standard InChI is InChI=1S/C14H13BrClFN2/c15-13-6-1-9(16)7-12(13)14(8-18)19-11-4-2-10(17)3-5-11/h1-7,14,19H,8,18H2. The molecule has 0 bridgehead atoms. The fraction of sp³-hybridized carbons (Fsp3) is 0.143. The zero-order valence-corrected chi connectivity index (χ0v) is 12.4. The van der Waals surface area contributed by atoms with Crippen LogP contribution in [0.15, 0.2) is 46.9 Å². The van der Waals surface area contributed by atoms with E-state index in [4.69, 9.17) is 17.3 Å². The minimum atomic E-state index is -0.265. The monoisotopic (exact) mass is 342 g/mol. The quantitative estimate of drug-likeness (QED) is 0.866. The van der Waals surface area contributed by atoms with E-state index in [0.717, 1.165) is 15.7 Å². The Morgan fingerprint density at radius 3 is 2.53 bits per heavy atom. The van der Waals surface area contributed by atoms with E-state index < -0.39 is 0 Å². The van der Waals surface area contributed by atoms with Gasteiger partial charge in [0.1, 0.15) is 5.82 Å². The average molecular weight is 344 g/mol. The molecule has 0 aromatic heterocycles. The van der Waals surface area contributed by atoms with Gasteiger partial charge >= 0.3 is 0 Å². The first kappa shape index (κ1) is 14.3. The minimum absolute atomic E-state index is 0.0986. The third-order valence-electron chi connectivity index (χ3n) is 2.75. The van der Waals surface area contributed by atoms with Crippen molar-refractivity contribution < 1.29 is 4.39 Å². The van der Waals surface area contributed by atoms with Crippen LogP contribution in [0.5, 0.6) is 0 Å². The van der Waals surface area contributed by atoms with Crippen LogP contribution in [-0.4, -0.2) is 6.54 Å². The number of hydrogen-bond donors (Lipinski definition) is 2. The molecule has 0 aliphatic carbocycles. The van der Waals surface area contributed by atoms with Gasteiger partial charge in [-0.1, -0.05) is 27.5 Å². The van der Waals surface area contributed by atoms with Crippen LogP contribution in [0.2, 0.25) is 5.02 Å². The molecule has 5 heteroatoms. The van der Waals surface area contributed by atoms with E-state index in [0.29, 0.717) is 11.6 Å². The summed E-state index contributed by atoms with van der Waals surface area (Å²) in [6.07, 6.45) is 0. The summed E-state index contributed by atoms with van der Waals surface area (Å²) >= 11 is 9.49. The summed E-state index contributed by atoms with van der Waals surface area (Å²) in [7, 11) is 0. The molecule has 0 spiro atoms. The van der Waals surface area contributed by atoms with Crippen LogP contribution in [0.25, 0.3) is 0 Å². The van der Waals surface area contributed by atoms with E-state index in [-0.39, 0.29) is 11.9 Å². The molecule has 0 amide bonds. The normalized spacial score (nSPS) is 12.2. The predicted molar refractivity (Wildman–Crippen MR) is 81.0 cm³/mol. The van der Waals surface area contributed by atoms with Gasteiger partial charge < -0.3 is 11.1 Å². The fourth-order valence-corrected chi connectivity index (χ4v) is 2.50. The molecular weight excluding hydrogens is 331 g/mol. The summed E-state index contributed by atoms with van der Waals surface area (Å²) in [5.41, 5.74) is 7.58. The topological polar surface area (TPSA) is 38.0 Å². The zero-order chi connectivity index (χ0) is 13.8. The van der Waals surface area contributed by atoms with Crippen LogP contribution < -0.4 is 11.1 Å². The summed E-state index contributed by atoms with van der Waals surface area (Å²) in [6, 6.07) is 11.6. The summed E-state index contributed by atoms with van der Waals surface area (Å²) in [6.45, 7) is 0.399. The highest BCUT2D eigenvalue weighted by atomic mass is 79.9. The van der Waals surface area contributed by atoms with Crippen LogP contribution >= 0.6 is 27.5 Å². The number of rotatable bonds is 4. The first-order chi connectivity index (χ1) is 9.10. The maximum Gasteiger partial charge on any atom is 0.123 e. The number of nitrogens with one attached hydrogen (secondary N) is 1. The predicted octanol–water partition coefficient (Wildman–Crippen LogP) is 4.35. The molecular formula is C14H13BrClFN2. The van der Waals surface area contributed by atoms with Crippen molar-refractivity contribution in [3.63, 3.8) is 0 Å². The molecule has 0 aliphatic rings. The molecule has 0 saturated heterocycles. The van der Waals surface area contributed by atoms with Crippen LogP contribution in [0.3, 0.4) is 0 Å². The number of anilines is 1. The van der Waals surface area contributed by atoms with Crippen molar-refractivity contribution in [1.82, 2.24) is 0 Å². The lowest BCUT2D eigenvalue weighted by molar-refractivity contribution is 0.628. The van der Waals surface area contributed by atoms with Gasteiger partial charge in [-0.05, 0) is 48.0 Å². The fourth-order valence-electron chi connectivity index (χ4n) is 1.79. The van der Waals surface area contributed by atoms with Gasteiger partial charge in [-0.15, -0.1) is 0 Å². The van der Waals surface area contributed by atoms with Crippen molar-refractivity contribution in [2.45, 2.75) is 6.04 Å². The first-order valence-electron chi connectivity index (χ1n) is 5.77. The maximum atomic E-state index is 12.9. The van der Waals surface area contributed by atoms with E-state index in [2.05, 4.69) is 21.2 Å². The second kappa shape index (κ2) is 6.37. The Bertz CT molecular complexity index is 560. The van der Waals surface area contributed by atoms with Crippen LogP contribution in [-0.2, 0) is 0 Å². The van der Waals surface area contributed by atoms with Crippen molar-refractivity contribution in [2.24, 2.45) is 5.73 Å². The Balaban J connectivity index is 2.24. The van der Waals surface area contributed by atoms with Gasteiger partial charge in [-0.2, -0.15) is 0 Å². The Kier molecular flexibility index (Phi) is 4.80. The van der Waals surface area contributed by atoms with Crippen LogP contribution in [0.1, 0.15) is 11.6 Å². The largest absolute Gasteiger partial charge is 0.377 e. The molecule has 0 fully saturated rings. The van der Waals surface area contributed by atoms with Crippen molar-refractivity contribution in [3.05, 3.63) is 63.3 Å². The van der Waals surface area contributed by atoms with Crippen molar-refractivity contribution in [1.29, 1.82) is 0 Å². The molecule has 3 N–H and O–H groups in total. The van der Waals surface area contributed by atoms with Crippen molar-refractivity contribution >= 4 is 33.2 Å². The van der Waals surface area contributed by atoms with Crippen molar-refractivity contribution in [3.8, 4) is 0 Å². The molecule has 1 unspecified atom stereocenters. The van der Waals surface area contributed by atoms with Gasteiger partial charge in [-0.25, -0.2) is 4.39 Å². The SMILES string of the molecule is NCC(Nc1ccc(F)cc1)c1cc(Cl)ccc1Br. The van der Waals surface area contributed by atoms with E-state index in [9.17, 15) is 4.39 Å². The van der Waals surface area contributed by atoms with Gasteiger partial charge in [0.25, 0.3) is 0 Å². The Labute approximate surface area is 124 Å². The summed E-state index contributed by atoms with van der Waals surface area (Å²) in [4.78, 5) is 0. The lowest BCUT2D eigenvalue weighted by Gasteiger charge is -2.20. The number of benzene rings is 2. The van der Waals surface area contributed by atoms with Gasteiger partial charge in [0, 0.05) is 21.7 Å². The highest BCUT2D eigenvalue weighted by Crippen LogP contribution is 2.28. The van der Waals surface area contributed by atoms with Crippen molar-refractivity contribution in [2.75, 3.05) is 11.9 Å². The Morgan fingerprint density at radius 1 is 1.21 bits per heavy atom. The number of halogens is 3. The van der Waals surface area contributed by atoms with Crippen LogP contribution in [0.4, 0.5) is 10.1 Å². The summed E-state index contributed by atoms with van der Waals surface area (Å²) in [5, 5.41) is 3.91. The second-order valence-corrected chi connectivity index (χ2v) is 5.40. The molecule has 2 rings (SSSR count). The molecule has 0 aliphatic heterocycles. The maximum absolute atomic E-state index is 12.9. The number of nitrogens with two attached hydrogens (primary N) is 1. The molecule has 2 nitrogen and oxygen atoms in total. The third kappa shape index (κ3) is 3.69. The first-order valence-corrected chi connectivity index (χ1v) is 6.94. The molecule has 2 aromatic rings. The summed E-state index contributed by atoms with van der Waals surface area (Å²) in [5.74, 6) is -0.265. The molecule has 0 radical (unpaired) electrons. The minimum Gasteiger partial charge on any atom is -0.377 e. The molecule has 0 heterocycles. The Hall–Kier alpha value is -1.10. The molecule has 19 heavy (non-hydrogen) atoms. The number of hydrogen-bond acceptors (Lipinski definition) is 2. The van der Waals surface area contributed by atoms with Gasteiger partial charge in [0.05, 0.1) is 6.04 Å². The molecule has 100 valence electrons. The van der Waals surface area contributed by atoms with E-state index in [1.807, 2.05) is 12.1 Å². The molecule has 1 atom stereocenters. The van der Waals surface area contributed by atoms with Crippen LogP contribution in [0, 0.1) is 5.82 Å². The van der Waals surface area contributed by atoms with E-state index in [1.165, 1.54) is 12.1 Å². The van der Waals surface area contributed by atoms with Gasteiger partial charge in [-0.3, -0.25) is 0 Å². The third-order valence-corrected chi connectivity index (χ3v) is 3.71. The Morgan fingerprint density at radius 2 is 1.89 bits per heavy atom. The lowest BCUT2D eigenvalue weighted by Crippen LogP contribution is -2.21. The highest BCUT2D eigenvalue weighted by Gasteiger charge is 2.13. The zero-order valence-electron chi connectivity index (χ0n) is 10.0. The van der Waals surface area contributed by atoms with E-state index >= 15 is 0 Å².